The fourth-order valence-electron chi connectivity index (χ4n) is 2.17. The molecule has 0 fully saturated rings. The van der Waals surface area contributed by atoms with Gasteiger partial charge in [0.05, 0.1) is 0 Å². The van der Waals surface area contributed by atoms with Gasteiger partial charge in [-0.2, -0.15) is 0 Å². The molecular weight excluding hydrogens is 284 g/mol. The maximum Gasteiger partial charge on any atom is 0.186 e. The lowest BCUT2D eigenvalue weighted by atomic mass is 10.2. The van der Waals surface area contributed by atoms with E-state index in [9.17, 15) is 4.79 Å². The van der Waals surface area contributed by atoms with Crippen molar-refractivity contribution in [1.29, 1.82) is 0 Å². The summed E-state index contributed by atoms with van der Waals surface area (Å²) in [4.78, 5) is 11.8. The van der Waals surface area contributed by atoms with E-state index in [1.54, 1.807) is 12.2 Å². The van der Waals surface area contributed by atoms with Gasteiger partial charge in [0.2, 0.25) is 0 Å². The monoisotopic (exact) mass is 300 g/mol. The van der Waals surface area contributed by atoms with Crippen LogP contribution in [-0.2, 0) is 0 Å². The molecule has 0 N–H and O–H groups in total. The molecule has 23 heavy (non-hydrogen) atoms. The van der Waals surface area contributed by atoms with E-state index in [0.29, 0.717) is 11.5 Å². The molecular formula is C21H16O2. The second-order valence-corrected chi connectivity index (χ2v) is 5.09. The quantitative estimate of drug-likeness (QED) is 0.680. The van der Waals surface area contributed by atoms with E-state index in [1.165, 1.54) is 12.1 Å². The minimum Gasteiger partial charge on any atom is -0.457 e. The first-order valence-corrected chi connectivity index (χ1v) is 7.41. The van der Waals surface area contributed by atoms with Gasteiger partial charge in [0.15, 0.2) is 5.43 Å². The Bertz CT molecular complexity index is 802. The van der Waals surface area contributed by atoms with E-state index in [4.69, 9.17) is 4.42 Å². The molecule has 0 amide bonds. The summed E-state index contributed by atoms with van der Waals surface area (Å²) in [5, 5.41) is 0. The summed E-state index contributed by atoms with van der Waals surface area (Å²) >= 11 is 0. The maximum absolute atomic E-state index is 11.8. The third kappa shape index (κ3) is 4.42. The zero-order valence-corrected chi connectivity index (χ0v) is 12.6. The van der Waals surface area contributed by atoms with Gasteiger partial charge in [-0.15, -0.1) is 0 Å². The Balaban J connectivity index is 1.83. The van der Waals surface area contributed by atoms with Crippen LogP contribution in [0.5, 0.6) is 0 Å². The van der Waals surface area contributed by atoms with Crippen LogP contribution in [-0.4, -0.2) is 0 Å². The molecule has 0 aliphatic heterocycles. The average Bonchev–Trinajstić information content (AvgIpc) is 2.60. The largest absolute Gasteiger partial charge is 0.457 e. The van der Waals surface area contributed by atoms with Crippen molar-refractivity contribution in [3.63, 3.8) is 0 Å². The minimum atomic E-state index is -0.0725. The first-order chi connectivity index (χ1) is 11.3. The van der Waals surface area contributed by atoms with Crippen molar-refractivity contribution in [3.8, 4) is 0 Å². The van der Waals surface area contributed by atoms with Crippen molar-refractivity contribution in [2.45, 2.75) is 0 Å². The zero-order chi connectivity index (χ0) is 15.9. The van der Waals surface area contributed by atoms with Gasteiger partial charge < -0.3 is 4.42 Å². The molecule has 0 bridgehead atoms. The van der Waals surface area contributed by atoms with Crippen LogP contribution in [0.25, 0.3) is 24.3 Å². The number of rotatable bonds is 4. The van der Waals surface area contributed by atoms with E-state index in [-0.39, 0.29) is 5.43 Å². The predicted octanol–water partition coefficient (Wildman–Crippen LogP) is 4.98. The van der Waals surface area contributed by atoms with Gasteiger partial charge in [0.1, 0.15) is 11.5 Å². The van der Waals surface area contributed by atoms with Crippen molar-refractivity contribution in [3.05, 3.63) is 106 Å². The van der Waals surface area contributed by atoms with Crippen LogP contribution in [0.3, 0.4) is 0 Å². The SMILES string of the molecule is O=c1cc(/C=C/c2ccccc2)oc(/C=C/c2ccccc2)c1. The Morgan fingerprint density at radius 1 is 0.609 bits per heavy atom. The van der Waals surface area contributed by atoms with E-state index < -0.39 is 0 Å². The van der Waals surface area contributed by atoms with Crippen LogP contribution >= 0.6 is 0 Å². The van der Waals surface area contributed by atoms with E-state index in [0.717, 1.165) is 11.1 Å². The van der Waals surface area contributed by atoms with Gasteiger partial charge in [0.25, 0.3) is 0 Å². The summed E-state index contributed by atoms with van der Waals surface area (Å²) in [7, 11) is 0. The standard InChI is InChI=1S/C21H16O2/c22-19-15-20(13-11-17-7-3-1-4-8-17)23-21(16-19)14-12-18-9-5-2-6-10-18/h1-16H/b13-11+,14-12+. The van der Waals surface area contributed by atoms with Crippen LogP contribution in [0, 0.1) is 0 Å². The minimum absolute atomic E-state index is 0.0725. The highest BCUT2D eigenvalue weighted by molar-refractivity contribution is 5.69. The molecule has 1 heterocycles. The first-order valence-electron chi connectivity index (χ1n) is 7.41. The molecule has 2 aromatic carbocycles. The van der Waals surface area contributed by atoms with Crippen molar-refractivity contribution < 1.29 is 4.42 Å². The highest BCUT2D eigenvalue weighted by Gasteiger charge is 1.97. The molecule has 0 radical (unpaired) electrons. The summed E-state index contributed by atoms with van der Waals surface area (Å²) in [5.74, 6) is 1.07. The topological polar surface area (TPSA) is 30.2 Å². The van der Waals surface area contributed by atoms with Crippen molar-refractivity contribution in [1.82, 2.24) is 0 Å². The van der Waals surface area contributed by atoms with E-state index >= 15 is 0 Å². The normalized spacial score (nSPS) is 11.3. The lowest BCUT2D eigenvalue weighted by molar-refractivity contribution is 0.528. The summed E-state index contributed by atoms with van der Waals surface area (Å²) in [6, 6.07) is 22.7. The molecule has 0 saturated carbocycles. The summed E-state index contributed by atoms with van der Waals surface area (Å²) < 4.78 is 5.73. The van der Waals surface area contributed by atoms with Gasteiger partial charge in [-0.3, -0.25) is 4.79 Å². The fourth-order valence-corrected chi connectivity index (χ4v) is 2.17. The predicted molar refractivity (Wildman–Crippen MR) is 95.7 cm³/mol. The summed E-state index contributed by atoms with van der Waals surface area (Å²) in [6.07, 6.45) is 7.44. The first kappa shape index (κ1) is 14.8. The Labute approximate surface area is 135 Å². The second-order valence-electron chi connectivity index (χ2n) is 5.09. The molecule has 2 nitrogen and oxygen atoms in total. The highest BCUT2D eigenvalue weighted by atomic mass is 16.3. The van der Waals surface area contributed by atoms with E-state index in [1.807, 2.05) is 72.8 Å². The molecule has 1 aromatic heterocycles. The molecule has 0 spiro atoms. The van der Waals surface area contributed by atoms with Crippen molar-refractivity contribution in [2.75, 3.05) is 0 Å². The van der Waals surface area contributed by atoms with Crippen molar-refractivity contribution >= 4 is 24.3 Å². The summed E-state index contributed by atoms with van der Waals surface area (Å²) in [5.41, 5.74) is 2.04. The molecule has 3 aromatic rings. The third-order valence-corrected chi connectivity index (χ3v) is 3.28. The van der Waals surface area contributed by atoms with Gasteiger partial charge in [0, 0.05) is 12.1 Å². The third-order valence-electron chi connectivity index (χ3n) is 3.28. The van der Waals surface area contributed by atoms with Crippen LogP contribution < -0.4 is 5.43 Å². The molecule has 0 atom stereocenters. The Morgan fingerprint density at radius 2 is 1.04 bits per heavy atom. The lowest BCUT2D eigenvalue weighted by Crippen LogP contribution is -1.97. The molecule has 112 valence electrons. The summed E-state index contributed by atoms with van der Waals surface area (Å²) in [6.45, 7) is 0. The van der Waals surface area contributed by atoms with Crippen LogP contribution in [0.4, 0.5) is 0 Å². The second kappa shape index (κ2) is 7.23. The van der Waals surface area contributed by atoms with Crippen LogP contribution in [0.15, 0.2) is 82.0 Å². The van der Waals surface area contributed by atoms with E-state index in [2.05, 4.69) is 0 Å². The smallest absolute Gasteiger partial charge is 0.186 e. The fraction of sp³-hybridized carbons (Fsp3) is 0. The van der Waals surface area contributed by atoms with Crippen LogP contribution in [0.2, 0.25) is 0 Å². The molecule has 0 unspecified atom stereocenters. The van der Waals surface area contributed by atoms with Gasteiger partial charge in [-0.05, 0) is 23.3 Å². The van der Waals surface area contributed by atoms with Crippen LogP contribution in [0.1, 0.15) is 22.6 Å². The molecule has 0 saturated heterocycles. The Kier molecular flexibility index (Phi) is 4.65. The Morgan fingerprint density at radius 3 is 1.48 bits per heavy atom. The zero-order valence-electron chi connectivity index (χ0n) is 12.6. The highest BCUT2D eigenvalue weighted by Crippen LogP contribution is 2.11. The average molecular weight is 300 g/mol. The number of benzene rings is 2. The lowest BCUT2D eigenvalue weighted by Gasteiger charge is -1.97. The number of hydrogen-bond donors (Lipinski definition) is 0. The van der Waals surface area contributed by atoms with Crippen molar-refractivity contribution in [2.24, 2.45) is 0 Å². The Hall–Kier alpha value is -3.13. The molecule has 0 aliphatic rings. The molecule has 0 aliphatic carbocycles. The van der Waals surface area contributed by atoms with Gasteiger partial charge in [-0.25, -0.2) is 0 Å². The van der Waals surface area contributed by atoms with Gasteiger partial charge >= 0.3 is 0 Å². The molecule has 2 heteroatoms. The maximum atomic E-state index is 11.8. The van der Waals surface area contributed by atoms with Gasteiger partial charge in [-0.1, -0.05) is 72.8 Å². The number of hydrogen-bond acceptors (Lipinski definition) is 2. The molecule has 3 rings (SSSR count).